The van der Waals surface area contributed by atoms with Crippen molar-refractivity contribution in [3.8, 4) is 5.75 Å². The number of piperazine rings is 1. The number of benzene rings is 1. The zero-order chi connectivity index (χ0) is 19.1. The van der Waals surface area contributed by atoms with Gasteiger partial charge >= 0.3 is 0 Å². The Morgan fingerprint density at radius 2 is 2.22 bits per heavy atom. The fourth-order valence-corrected chi connectivity index (χ4v) is 3.12. The second kappa shape index (κ2) is 9.14. The van der Waals surface area contributed by atoms with E-state index < -0.39 is 6.04 Å². The summed E-state index contributed by atoms with van der Waals surface area (Å²) in [7, 11) is 1.63. The Balaban J connectivity index is 1.61. The number of methoxy groups -OCH3 is 1. The minimum absolute atomic E-state index is 0.114. The van der Waals surface area contributed by atoms with Crippen molar-refractivity contribution in [2.24, 2.45) is 0 Å². The first kappa shape index (κ1) is 18.8. The molecule has 7 heteroatoms. The smallest absolute Gasteiger partial charge is 0.237 e. The SMILES string of the molecule is COc1cccc(CN2CCNC(=O)[C@@H]2CC(=O)NCc2ccccn2)c1. The van der Waals surface area contributed by atoms with Crippen LogP contribution in [0.5, 0.6) is 5.75 Å². The largest absolute Gasteiger partial charge is 0.497 e. The van der Waals surface area contributed by atoms with Crippen molar-refractivity contribution in [1.82, 2.24) is 20.5 Å². The van der Waals surface area contributed by atoms with Crippen LogP contribution in [0.3, 0.4) is 0 Å². The molecule has 0 unspecified atom stereocenters. The summed E-state index contributed by atoms with van der Waals surface area (Å²) in [5.41, 5.74) is 1.83. The van der Waals surface area contributed by atoms with E-state index in [1.807, 2.05) is 47.4 Å². The Labute approximate surface area is 158 Å². The summed E-state index contributed by atoms with van der Waals surface area (Å²) in [5, 5.41) is 5.69. The Hall–Kier alpha value is -2.93. The van der Waals surface area contributed by atoms with Crippen LogP contribution in [0, 0.1) is 0 Å². The van der Waals surface area contributed by atoms with E-state index in [9.17, 15) is 9.59 Å². The van der Waals surface area contributed by atoms with Crippen molar-refractivity contribution in [3.05, 3.63) is 59.9 Å². The van der Waals surface area contributed by atoms with Crippen LogP contribution in [-0.2, 0) is 22.7 Å². The molecule has 1 aliphatic rings. The number of hydrogen-bond donors (Lipinski definition) is 2. The molecule has 1 atom stereocenters. The number of nitrogens with one attached hydrogen (secondary N) is 2. The van der Waals surface area contributed by atoms with Gasteiger partial charge in [0.25, 0.3) is 0 Å². The van der Waals surface area contributed by atoms with Crippen molar-refractivity contribution >= 4 is 11.8 Å². The highest BCUT2D eigenvalue weighted by Crippen LogP contribution is 2.18. The van der Waals surface area contributed by atoms with Gasteiger partial charge in [-0.05, 0) is 29.8 Å². The molecule has 1 saturated heterocycles. The molecule has 3 rings (SSSR count). The first-order valence-electron chi connectivity index (χ1n) is 8.97. The summed E-state index contributed by atoms with van der Waals surface area (Å²) in [6, 6.07) is 12.8. The maximum absolute atomic E-state index is 12.4. The van der Waals surface area contributed by atoms with Crippen molar-refractivity contribution in [2.75, 3.05) is 20.2 Å². The van der Waals surface area contributed by atoms with E-state index in [1.54, 1.807) is 13.3 Å². The highest BCUT2D eigenvalue weighted by Gasteiger charge is 2.31. The summed E-state index contributed by atoms with van der Waals surface area (Å²) < 4.78 is 5.26. The molecular weight excluding hydrogens is 344 g/mol. The molecule has 1 aromatic carbocycles. The molecule has 1 fully saturated rings. The monoisotopic (exact) mass is 368 g/mol. The third kappa shape index (κ3) is 5.27. The summed E-state index contributed by atoms with van der Waals surface area (Å²) in [4.78, 5) is 30.9. The Kier molecular flexibility index (Phi) is 6.38. The van der Waals surface area contributed by atoms with Crippen LogP contribution in [-0.4, -0.2) is 47.9 Å². The van der Waals surface area contributed by atoms with E-state index in [1.165, 1.54) is 0 Å². The standard InChI is InChI=1S/C20H24N4O3/c1-27-17-7-4-5-15(11-17)14-24-10-9-22-20(26)18(24)12-19(25)23-13-16-6-2-3-8-21-16/h2-8,11,18H,9-10,12-14H2,1H3,(H,22,26)(H,23,25)/t18-/m0/s1. The van der Waals surface area contributed by atoms with E-state index in [4.69, 9.17) is 4.74 Å². The number of carbonyl (C=O) groups excluding carboxylic acids is 2. The highest BCUT2D eigenvalue weighted by atomic mass is 16.5. The molecule has 2 aromatic rings. The number of pyridine rings is 1. The quantitative estimate of drug-likeness (QED) is 0.765. The average molecular weight is 368 g/mol. The summed E-state index contributed by atoms with van der Waals surface area (Å²) in [6.07, 6.45) is 1.80. The molecule has 0 saturated carbocycles. The zero-order valence-electron chi connectivity index (χ0n) is 15.4. The molecule has 0 radical (unpaired) electrons. The van der Waals surface area contributed by atoms with Gasteiger partial charge in [-0.1, -0.05) is 18.2 Å². The number of hydrogen-bond acceptors (Lipinski definition) is 5. The lowest BCUT2D eigenvalue weighted by molar-refractivity contribution is -0.134. The molecule has 1 aliphatic heterocycles. The molecule has 27 heavy (non-hydrogen) atoms. The number of amides is 2. The number of ether oxygens (including phenoxy) is 1. The minimum atomic E-state index is -0.492. The average Bonchev–Trinajstić information content (AvgIpc) is 2.70. The van der Waals surface area contributed by atoms with Gasteiger partial charge in [0.15, 0.2) is 0 Å². The van der Waals surface area contributed by atoms with Crippen LogP contribution in [0.25, 0.3) is 0 Å². The van der Waals surface area contributed by atoms with E-state index in [0.717, 1.165) is 17.0 Å². The van der Waals surface area contributed by atoms with Crippen molar-refractivity contribution < 1.29 is 14.3 Å². The highest BCUT2D eigenvalue weighted by molar-refractivity contribution is 5.88. The lowest BCUT2D eigenvalue weighted by atomic mass is 10.1. The normalized spacial score (nSPS) is 17.2. The lowest BCUT2D eigenvalue weighted by Crippen LogP contribution is -2.56. The zero-order valence-corrected chi connectivity index (χ0v) is 15.4. The van der Waals surface area contributed by atoms with E-state index in [-0.39, 0.29) is 18.2 Å². The van der Waals surface area contributed by atoms with Gasteiger partial charge in [0.05, 0.1) is 31.8 Å². The molecule has 2 N–H and O–H groups in total. The van der Waals surface area contributed by atoms with Crippen molar-refractivity contribution in [2.45, 2.75) is 25.6 Å². The van der Waals surface area contributed by atoms with Gasteiger partial charge in [-0.2, -0.15) is 0 Å². The van der Waals surface area contributed by atoms with Gasteiger partial charge in [-0.25, -0.2) is 0 Å². The first-order chi connectivity index (χ1) is 13.2. The van der Waals surface area contributed by atoms with Crippen LogP contribution >= 0.6 is 0 Å². The summed E-state index contributed by atoms with van der Waals surface area (Å²) in [6.45, 7) is 2.21. The summed E-state index contributed by atoms with van der Waals surface area (Å²) in [5.74, 6) is 0.495. The number of rotatable bonds is 7. The maximum atomic E-state index is 12.4. The molecular formula is C20H24N4O3. The Morgan fingerprint density at radius 3 is 3.00 bits per heavy atom. The maximum Gasteiger partial charge on any atom is 0.237 e. The Bertz CT molecular complexity index is 782. The molecule has 2 heterocycles. The number of nitrogens with zero attached hydrogens (tertiary/aromatic N) is 2. The third-order valence-corrected chi connectivity index (χ3v) is 4.53. The lowest BCUT2D eigenvalue weighted by Gasteiger charge is -2.34. The molecule has 2 amide bonds. The van der Waals surface area contributed by atoms with E-state index >= 15 is 0 Å². The predicted molar refractivity (Wildman–Crippen MR) is 101 cm³/mol. The predicted octanol–water partition coefficient (Wildman–Crippen LogP) is 1.10. The van der Waals surface area contributed by atoms with Crippen LogP contribution in [0.2, 0.25) is 0 Å². The van der Waals surface area contributed by atoms with Gasteiger partial charge in [0.1, 0.15) is 5.75 Å². The van der Waals surface area contributed by atoms with Gasteiger partial charge in [0.2, 0.25) is 11.8 Å². The van der Waals surface area contributed by atoms with Gasteiger partial charge in [-0.3, -0.25) is 19.5 Å². The fourth-order valence-electron chi connectivity index (χ4n) is 3.12. The van der Waals surface area contributed by atoms with Gasteiger partial charge < -0.3 is 15.4 Å². The van der Waals surface area contributed by atoms with Crippen molar-refractivity contribution in [1.29, 1.82) is 0 Å². The van der Waals surface area contributed by atoms with Crippen LogP contribution in [0.4, 0.5) is 0 Å². The topological polar surface area (TPSA) is 83.6 Å². The first-order valence-corrected chi connectivity index (χ1v) is 8.97. The number of aromatic nitrogens is 1. The second-order valence-electron chi connectivity index (χ2n) is 6.43. The Morgan fingerprint density at radius 1 is 1.33 bits per heavy atom. The van der Waals surface area contributed by atoms with E-state index in [2.05, 4.69) is 15.6 Å². The molecule has 1 aromatic heterocycles. The second-order valence-corrected chi connectivity index (χ2v) is 6.43. The van der Waals surface area contributed by atoms with Crippen LogP contribution < -0.4 is 15.4 Å². The molecule has 142 valence electrons. The molecule has 7 nitrogen and oxygen atoms in total. The molecule has 0 aliphatic carbocycles. The molecule has 0 spiro atoms. The number of carbonyl (C=O) groups is 2. The van der Waals surface area contributed by atoms with Gasteiger partial charge in [-0.15, -0.1) is 0 Å². The minimum Gasteiger partial charge on any atom is -0.497 e. The van der Waals surface area contributed by atoms with Crippen molar-refractivity contribution in [3.63, 3.8) is 0 Å². The van der Waals surface area contributed by atoms with E-state index in [0.29, 0.717) is 26.2 Å². The summed E-state index contributed by atoms with van der Waals surface area (Å²) >= 11 is 0. The molecule has 0 bridgehead atoms. The van der Waals surface area contributed by atoms with Crippen LogP contribution in [0.15, 0.2) is 48.7 Å². The van der Waals surface area contributed by atoms with Crippen LogP contribution in [0.1, 0.15) is 17.7 Å². The third-order valence-electron chi connectivity index (χ3n) is 4.53. The van der Waals surface area contributed by atoms with Gasteiger partial charge in [0, 0.05) is 25.8 Å². The fraction of sp³-hybridized carbons (Fsp3) is 0.350.